The normalized spacial score (nSPS) is 9.90. The summed E-state index contributed by atoms with van der Waals surface area (Å²) in [7, 11) is 3.10. The van der Waals surface area contributed by atoms with E-state index in [-0.39, 0.29) is 11.8 Å². The summed E-state index contributed by atoms with van der Waals surface area (Å²) in [5, 5.41) is 2.75. The molecule has 0 aliphatic carbocycles. The maximum absolute atomic E-state index is 11.9. The summed E-state index contributed by atoms with van der Waals surface area (Å²) >= 11 is 0. The molecule has 1 N–H and O–H groups in total. The van der Waals surface area contributed by atoms with Crippen LogP contribution in [0.5, 0.6) is 11.5 Å². The van der Waals surface area contributed by atoms with Crippen molar-refractivity contribution in [2.45, 2.75) is 20.3 Å². The predicted octanol–water partition coefficient (Wildman–Crippen LogP) is 1.58. The number of hydrogen-bond donors (Lipinski definition) is 1. The minimum atomic E-state index is -0.132. The van der Waals surface area contributed by atoms with Gasteiger partial charge in [-0.2, -0.15) is 0 Å². The number of methoxy groups -OCH3 is 2. The topological polar surface area (TPSA) is 67.9 Å². The molecular weight excluding hydrogens is 272 g/mol. The van der Waals surface area contributed by atoms with E-state index < -0.39 is 0 Å². The second-order valence-corrected chi connectivity index (χ2v) is 4.41. The number of carbonyl (C=O) groups is 2. The molecule has 0 saturated carbocycles. The molecule has 6 heteroatoms. The Labute approximate surface area is 125 Å². The van der Waals surface area contributed by atoms with E-state index in [4.69, 9.17) is 9.47 Å². The first kappa shape index (κ1) is 16.8. The molecular formula is C15H22N2O4. The zero-order valence-electron chi connectivity index (χ0n) is 12.9. The van der Waals surface area contributed by atoms with Crippen molar-refractivity contribution in [1.29, 1.82) is 0 Å². The van der Waals surface area contributed by atoms with Crippen LogP contribution in [-0.4, -0.2) is 39.1 Å². The van der Waals surface area contributed by atoms with Crippen LogP contribution in [0, 0.1) is 0 Å². The van der Waals surface area contributed by atoms with Crippen molar-refractivity contribution in [2.75, 3.05) is 32.2 Å². The lowest BCUT2D eigenvalue weighted by Crippen LogP contribution is -2.37. The number of benzene rings is 1. The summed E-state index contributed by atoms with van der Waals surface area (Å²) in [6, 6.07) is 5.25. The SMILES string of the molecule is CCC(=O)NCCN(C(C)=O)c1cc(OC)ccc1OC. The van der Waals surface area contributed by atoms with Gasteiger partial charge in [0.25, 0.3) is 0 Å². The predicted molar refractivity (Wildman–Crippen MR) is 80.9 cm³/mol. The zero-order chi connectivity index (χ0) is 15.8. The maximum Gasteiger partial charge on any atom is 0.224 e. The van der Waals surface area contributed by atoms with Gasteiger partial charge in [-0.15, -0.1) is 0 Å². The van der Waals surface area contributed by atoms with Crippen LogP contribution in [0.15, 0.2) is 18.2 Å². The van der Waals surface area contributed by atoms with E-state index in [0.717, 1.165) is 0 Å². The van der Waals surface area contributed by atoms with Gasteiger partial charge in [0.1, 0.15) is 11.5 Å². The number of ether oxygens (including phenoxy) is 2. The van der Waals surface area contributed by atoms with Gasteiger partial charge in [-0.1, -0.05) is 6.92 Å². The number of nitrogens with zero attached hydrogens (tertiary/aromatic N) is 1. The third-order valence-electron chi connectivity index (χ3n) is 3.04. The second kappa shape index (κ2) is 8.14. The van der Waals surface area contributed by atoms with Crippen LogP contribution < -0.4 is 19.7 Å². The van der Waals surface area contributed by atoms with Gasteiger partial charge in [0, 0.05) is 32.5 Å². The molecule has 0 saturated heterocycles. The number of amides is 2. The highest BCUT2D eigenvalue weighted by Gasteiger charge is 2.17. The molecule has 0 aromatic heterocycles. The molecule has 6 nitrogen and oxygen atoms in total. The monoisotopic (exact) mass is 294 g/mol. The Balaban J connectivity index is 2.94. The van der Waals surface area contributed by atoms with E-state index in [2.05, 4.69) is 5.32 Å². The molecule has 1 rings (SSSR count). The summed E-state index contributed by atoms with van der Waals surface area (Å²) in [5.41, 5.74) is 0.620. The Bertz CT molecular complexity index is 502. The van der Waals surface area contributed by atoms with Crippen LogP contribution in [0.3, 0.4) is 0 Å². The zero-order valence-corrected chi connectivity index (χ0v) is 12.9. The van der Waals surface area contributed by atoms with Crippen LogP contribution in [-0.2, 0) is 9.59 Å². The van der Waals surface area contributed by atoms with Gasteiger partial charge in [0.05, 0.1) is 19.9 Å². The quantitative estimate of drug-likeness (QED) is 0.829. The Morgan fingerprint density at radius 1 is 1.24 bits per heavy atom. The van der Waals surface area contributed by atoms with Gasteiger partial charge < -0.3 is 19.7 Å². The highest BCUT2D eigenvalue weighted by atomic mass is 16.5. The molecule has 0 unspecified atom stereocenters. The van der Waals surface area contributed by atoms with E-state index in [1.54, 1.807) is 44.2 Å². The highest BCUT2D eigenvalue weighted by Crippen LogP contribution is 2.32. The molecule has 0 fully saturated rings. The van der Waals surface area contributed by atoms with Gasteiger partial charge in [-0.25, -0.2) is 0 Å². The minimum Gasteiger partial charge on any atom is -0.497 e. The molecule has 21 heavy (non-hydrogen) atoms. The number of nitrogens with one attached hydrogen (secondary N) is 1. The fourth-order valence-electron chi connectivity index (χ4n) is 1.89. The molecule has 116 valence electrons. The van der Waals surface area contributed by atoms with Gasteiger partial charge >= 0.3 is 0 Å². The van der Waals surface area contributed by atoms with Gasteiger partial charge in [-0.05, 0) is 12.1 Å². The van der Waals surface area contributed by atoms with Crippen LogP contribution in [0.1, 0.15) is 20.3 Å². The third kappa shape index (κ3) is 4.66. The largest absolute Gasteiger partial charge is 0.497 e. The Morgan fingerprint density at radius 3 is 2.48 bits per heavy atom. The lowest BCUT2D eigenvalue weighted by atomic mass is 10.2. The summed E-state index contributed by atoms with van der Waals surface area (Å²) in [5.74, 6) is 1.03. The number of anilines is 1. The lowest BCUT2D eigenvalue weighted by Gasteiger charge is -2.24. The molecule has 1 aromatic rings. The van der Waals surface area contributed by atoms with Crippen LogP contribution in [0.2, 0.25) is 0 Å². The average Bonchev–Trinajstić information content (AvgIpc) is 2.50. The molecule has 2 amide bonds. The number of hydrogen-bond acceptors (Lipinski definition) is 4. The van der Waals surface area contributed by atoms with Crippen molar-refractivity contribution < 1.29 is 19.1 Å². The van der Waals surface area contributed by atoms with E-state index in [1.807, 2.05) is 0 Å². The number of rotatable bonds is 7. The van der Waals surface area contributed by atoms with Gasteiger partial charge in [-0.3, -0.25) is 9.59 Å². The van der Waals surface area contributed by atoms with Crippen molar-refractivity contribution in [3.8, 4) is 11.5 Å². The maximum atomic E-state index is 11.9. The molecule has 0 bridgehead atoms. The fourth-order valence-corrected chi connectivity index (χ4v) is 1.89. The van der Waals surface area contributed by atoms with Crippen LogP contribution >= 0.6 is 0 Å². The smallest absolute Gasteiger partial charge is 0.224 e. The first-order valence-electron chi connectivity index (χ1n) is 6.80. The molecule has 0 heterocycles. The molecule has 1 aromatic carbocycles. The van der Waals surface area contributed by atoms with Gasteiger partial charge in [0.15, 0.2) is 0 Å². The van der Waals surface area contributed by atoms with Crippen molar-refractivity contribution >= 4 is 17.5 Å². The molecule has 0 atom stereocenters. The van der Waals surface area contributed by atoms with Crippen molar-refractivity contribution in [3.05, 3.63) is 18.2 Å². The Hall–Kier alpha value is -2.24. The first-order chi connectivity index (χ1) is 10.0. The van der Waals surface area contributed by atoms with Gasteiger partial charge in [0.2, 0.25) is 11.8 Å². The molecule has 0 spiro atoms. The van der Waals surface area contributed by atoms with Crippen LogP contribution in [0.4, 0.5) is 5.69 Å². The first-order valence-corrected chi connectivity index (χ1v) is 6.80. The molecule has 0 aliphatic heterocycles. The second-order valence-electron chi connectivity index (χ2n) is 4.41. The van der Waals surface area contributed by atoms with E-state index in [9.17, 15) is 9.59 Å². The summed E-state index contributed by atoms with van der Waals surface area (Å²) in [6.07, 6.45) is 0.419. The third-order valence-corrected chi connectivity index (χ3v) is 3.04. The Kier molecular flexibility index (Phi) is 6.52. The molecule has 0 aliphatic rings. The molecule has 0 radical (unpaired) electrons. The summed E-state index contributed by atoms with van der Waals surface area (Å²) in [4.78, 5) is 24.7. The fraction of sp³-hybridized carbons (Fsp3) is 0.467. The van der Waals surface area contributed by atoms with Crippen LogP contribution in [0.25, 0.3) is 0 Å². The van der Waals surface area contributed by atoms with E-state index in [1.165, 1.54) is 6.92 Å². The minimum absolute atomic E-state index is 0.0453. The van der Waals surface area contributed by atoms with E-state index in [0.29, 0.717) is 36.7 Å². The average molecular weight is 294 g/mol. The standard InChI is InChI=1S/C15H22N2O4/c1-5-15(19)16-8-9-17(11(2)18)13-10-12(20-3)6-7-14(13)21-4/h6-7,10H,5,8-9H2,1-4H3,(H,16,19). The highest BCUT2D eigenvalue weighted by molar-refractivity contribution is 5.93. The summed E-state index contributed by atoms with van der Waals surface area (Å²) in [6.45, 7) is 4.00. The lowest BCUT2D eigenvalue weighted by molar-refractivity contribution is -0.121. The Morgan fingerprint density at radius 2 is 1.95 bits per heavy atom. The van der Waals surface area contributed by atoms with Crippen molar-refractivity contribution in [1.82, 2.24) is 5.32 Å². The van der Waals surface area contributed by atoms with Crippen molar-refractivity contribution in [3.63, 3.8) is 0 Å². The summed E-state index contributed by atoms with van der Waals surface area (Å²) < 4.78 is 10.5. The van der Waals surface area contributed by atoms with E-state index >= 15 is 0 Å². The number of carbonyl (C=O) groups excluding carboxylic acids is 2. The van der Waals surface area contributed by atoms with Crippen molar-refractivity contribution in [2.24, 2.45) is 0 Å².